The Hall–Kier alpha value is -3.64. The molecule has 0 atom stereocenters. The van der Waals surface area contributed by atoms with Crippen molar-refractivity contribution in [3.63, 3.8) is 0 Å². The molecule has 0 spiro atoms. The Morgan fingerprint density at radius 1 is 1.06 bits per heavy atom. The largest absolute Gasteiger partial charge is 0.465 e. The molecule has 3 aromatic rings. The van der Waals surface area contributed by atoms with Crippen molar-refractivity contribution in [2.45, 2.75) is 26.3 Å². The predicted octanol–water partition coefficient (Wildman–Crippen LogP) is 3.92. The summed E-state index contributed by atoms with van der Waals surface area (Å²) < 4.78 is 5.34. The van der Waals surface area contributed by atoms with Gasteiger partial charge in [0.1, 0.15) is 11.5 Å². The first-order chi connectivity index (χ1) is 16.1. The number of furan rings is 1. The fraction of sp³-hybridized carbons (Fsp3) is 0.259. The first kappa shape index (κ1) is 22.6. The van der Waals surface area contributed by atoms with E-state index in [1.54, 1.807) is 30.3 Å². The number of fused-ring (bicyclic) bond motifs is 1. The smallest absolute Gasteiger partial charge is 0.267 e. The lowest BCUT2D eigenvalue weighted by Gasteiger charge is -2.28. The fourth-order valence-electron chi connectivity index (χ4n) is 4.00. The molecular weight excluding hydrogens is 414 g/mol. The lowest BCUT2D eigenvalue weighted by molar-refractivity contribution is -0.117. The van der Waals surface area contributed by atoms with Gasteiger partial charge in [0.25, 0.3) is 11.8 Å². The van der Waals surface area contributed by atoms with Crippen molar-refractivity contribution < 1.29 is 14.0 Å². The Labute approximate surface area is 194 Å². The molecule has 2 N–H and O–H groups in total. The summed E-state index contributed by atoms with van der Waals surface area (Å²) in [4.78, 5) is 28.0. The van der Waals surface area contributed by atoms with Gasteiger partial charge in [0.05, 0.1) is 6.26 Å². The second-order valence-corrected chi connectivity index (χ2v) is 8.30. The number of benzene rings is 2. The maximum atomic E-state index is 12.9. The molecule has 1 aliphatic rings. The van der Waals surface area contributed by atoms with Crippen molar-refractivity contribution in [1.29, 1.82) is 0 Å². The number of hydrogen-bond donors (Lipinski definition) is 2. The van der Waals surface area contributed by atoms with Gasteiger partial charge in [-0.2, -0.15) is 0 Å². The van der Waals surface area contributed by atoms with Crippen LogP contribution in [0.25, 0.3) is 6.08 Å². The molecule has 4 rings (SSSR count). The molecule has 0 saturated heterocycles. The minimum atomic E-state index is -0.337. The highest BCUT2D eigenvalue weighted by atomic mass is 16.3. The predicted molar refractivity (Wildman–Crippen MR) is 128 cm³/mol. The lowest BCUT2D eigenvalue weighted by atomic mass is 10.00. The third kappa shape index (κ3) is 6.20. The summed E-state index contributed by atoms with van der Waals surface area (Å²) in [5.41, 5.74) is 4.44. The minimum absolute atomic E-state index is 0.156. The van der Waals surface area contributed by atoms with Crippen LogP contribution in [0.5, 0.6) is 0 Å². The van der Waals surface area contributed by atoms with Gasteiger partial charge in [-0.25, -0.2) is 0 Å². The van der Waals surface area contributed by atoms with E-state index in [2.05, 4.69) is 39.8 Å². The quantitative estimate of drug-likeness (QED) is 0.409. The number of hydrogen-bond acceptors (Lipinski definition) is 4. The van der Waals surface area contributed by atoms with Crippen molar-refractivity contribution in [1.82, 2.24) is 15.5 Å². The Morgan fingerprint density at radius 2 is 1.91 bits per heavy atom. The Balaban J connectivity index is 1.32. The molecule has 170 valence electrons. The zero-order chi connectivity index (χ0) is 23.0. The van der Waals surface area contributed by atoms with Crippen LogP contribution < -0.4 is 10.6 Å². The van der Waals surface area contributed by atoms with Crippen LogP contribution in [0.3, 0.4) is 0 Å². The van der Waals surface area contributed by atoms with Gasteiger partial charge in [0.2, 0.25) is 0 Å². The van der Waals surface area contributed by atoms with Crippen LogP contribution in [-0.4, -0.2) is 36.3 Å². The van der Waals surface area contributed by atoms with Crippen molar-refractivity contribution in [3.05, 3.63) is 101 Å². The number of nitrogens with one attached hydrogen (secondary N) is 2. The summed E-state index contributed by atoms with van der Waals surface area (Å²) >= 11 is 0. The molecule has 0 bridgehead atoms. The summed E-state index contributed by atoms with van der Waals surface area (Å²) in [7, 11) is 0. The van der Waals surface area contributed by atoms with Gasteiger partial charge in [-0.15, -0.1) is 0 Å². The summed E-state index contributed by atoms with van der Waals surface area (Å²) in [5, 5.41) is 5.67. The molecule has 6 nitrogen and oxygen atoms in total. The van der Waals surface area contributed by atoms with Crippen molar-refractivity contribution >= 4 is 17.9 Å². The molecule has 0 saturated carbocycles. The van der Waals surface area contributed by atoms with Crippen LogP contribution in [0.4, 0.5) is 0 Å². The Morgan fingerprint density at radius 3 is 2.70 bits per heavy atom. The third-order valence-corrected chi connectivity index (χ3v) is 5.75. The first-order valence-corrected chi connectivity index (χ1v) is 11.3. The van der Waals surface area contributed by atoms with E-state index in [9.17, 15) is 9.59 Å². The summed E-state index contributed by atoms with van der Waals surface area (Å²) in [6, 6.07) is 19.3. The summed E-state index contributed by atoms with van der Waals surface area (Å²) in [6.07, 6.45) is 4.96. The number of nitrogens with zero attached hydrogens (tertiary/aromatic N) is 1. The van der Waals surface area contributed by atoms with E-state index in [0.717, 1.165) is 38.0 Å². The Bertz CT molecular complexity index is 1140. The maximum absolute atomic E-state index is 12.9. The van der Waals surface area contributed by atoms with Crippen molar-refractivity contribution in [2.24, 2.45) is 0 Å². The highest BCUT2D eigenvalue weighted by Crippen LogP contribution is 2.18. The topological polar surface area (TPSA) is 74.6 Å². The van der Waals surface area contributed by atoms with E-state index in [4.69, 9.17) is 4.42 Å². The highest BCUT2D eigenvalue weighted by Gasteiger charge is 2.17. The fourth-order valence-corrected chi connectivity index (χ4v) is 4.00. The first-order valence-electron chi connectivity index (χ1n) is 11.3. The van der Waals surface area contributed by atoms with Crippen LogP contribution in [0.1, 0.15) is 39.2 Å². The van der Waals surface area contributed by atoms with E-state index in [1.165, 1.54) is 17.4 Å². The van der Waals surface area contributed by atoms with Gasteiger partial charge in [0, 0.05) is 37.8 Å². The van der Waals surface area contributed by atoms with Crippen molar-refractivity contribution in [2.75, 3.05) is 19.6 Å². The number of aryl methyl sites for hydroxylation is 1. The molecule has 0 radical (unpaired) electrons. The number of amides is 2. The Kier molecular flexibility index (Phi) is 7.37. The van der Waals surface area contributed by atoms with Crippen LogP contribution in [0, 0.1) is 6.92 Å². The van der Waals surface area contributed by atoms with Crippen LogP contribution >= 0.6 is 0 Å². The molecule has 2 aromatic carbocycles. The second kappa shape index (κ2) is 10.8. The van der Waals surface area contributed by atoms with Crippen LogP contribution in [0.2, 0.25) is 0 Å². The SMILES string of the molecule is Cc1cccc(C(=O)N/C(=C\c2ccco2)C(=O)NCCCN2CCc3ccccc3C2)c1. The number of rotatable bonds is 8. The molecule has 33 heavy (non-hydrogen) atoms. The summed E-state index contributed by atoms with van der Waals surface area (Å²) in [6.45, 7) is 5.32. The van der Waals surface area contributed by atoms with E-state index < -0.39 is 0 Å². The van der Waals surface area contributed by atoms with Gasteiger partial charge < -0.3 is 15.1 Å². The summed E-state index contributed by atoms with van der Waals surface area (Å²) in [5.74, 6) is -0.174. The zero-order valence-corrected chi connectivity index (χ0v) is 18.8. The van der Waals surface area contributed by atoms with E-state index in [1.807, 2.05) is 19.1 Å². The average molecular weight is 444 g/mol. The van der Waals surface area contributed by atoms with Crippen molar-refractivity contribution in [3.8, 4) is 0 Å². The standard InChI is InChI=1S/C27H29N3O3/c1-20-7-4-10-22(17-20)26(31)29-25(18-24-11-5-16-33-24)27(32)28-13-6-14-30-15-12-21-8-2-3-9-23(21)19-30/h2-5,7-11,16-18H,6,12-15,19H2,1H3,(H,28,32)(H,29,31)/b25-18-. The molecule has 2 amide bonds. The van der Waals surface area contributed by atoms with Gasteiger partial charge in [-0.05, 0) is 55.2 Å². The van der Waals surface area contributed by atoms with Gasteiger partial charge in [0.15, 0.2) is 0 Å². The van der Waals surface area contributed by atoms with Gasteiger partial charge in [-0.3, -0.25) is 14.5 Å². The maximum Gasteiger partial charge on any atom is 0.267 e. The molecule has 6 heteroatoms. The third-order valence-electron chi connectivity index (χ3n) is 5.75. The molecule has 2 heterocycles. The molecule has 1 aromatic heterocycles. The van der Waals surface area contributed by atoms with E-state index >= 15 is 0 Å². The van der Waals surface area contributed by atoms with Gasteiger partial charge in [-0.1, -0.05) is 42.0 Å². The second-order valence-electron chi connectivity index (χ2n) is 8.30. The van der Waals surface area contributed by atoms with E-state index in [0.29, 0.717) is 17.9 Å². The van der Waals surface area contributed by atoms with E-state index in [-0.39, 0.29) is 17.5 Å². The monoisotopic (exact) mass is 443 g/mol. The normalized spacial score (nSPS) is 13.9. The van der Waals surface area contributed by atoms with Crippen LogP contribution in [-0.2, 0) is 17.8 Å². The molecule has 0 aliphatic carbocycles. The number of carbonyl (C=O) groups is 2. The molecular formula is C27H29N3O3. The zero-order valence-electron chi connectivity index (χ0n) is 18.8. The number of carbonyl (C=O) groups excluding carboxylic acids is 2. The molecule has 0 unspecified atom stereocenters. The van der Waals surface area contributed by atoms with Crippen LogP contribution in [0.15, 0.2) is 77.0 Å². The highest BCUT2D eigenvalue weighted by molar-refractivity contribution is 6.05. The molecule has 0 fully saturated rings. The lowest BCUT2D eigenvalue weighted by Crippen LogP contribution is -2.37. The average Bonchev–Trinajstić information content (AvgIpc) is 3.34. The minimum Gasteiger partial charge on any atom is -0.465 e. The molecule has 1 aliphatic heterocycles. The van der Waals surface area contributed by atoms with Gasteiger partial charge >= 0.3 is 0 Å².